The van der Waals surface area contributed by atoms with Crippen LogP contribution in [0, 0.1) is 6.92 Å². The Morgan fingerprint density at radius 2 is 2.00 bits per heavy atom. The Hall–Kier alpha value is -1.55. The van der Waals surface area contributed by atoms with Crippen molar-refractivity contribution in [3.63, 3.8) is 0 Å². The second kappa shape index (κ2) is 8.52. The number of hydrogen-bond donors (Lipinski definition) is 0. The molecule has 1 saturated heterocycles. The fourth-order valence-electron chi connectivity index (χ4n) is 3.46. The van der Waals surface area contributed by atoms with E-state index in [4.69, 9.17) is 4.74 Å². The highest BCUT2D eigenvalue weighted by Crippen LogP contribution is 2.23. The lowest BCUT2D eigenvalue weighted by Gasteiger charge is -2.36. The van der Waals surface area contributed by atoms with E-state index in [0.717, 1.165) is 38.2 Å². The summed E-state index contributed by atoms with van der Waals surface area (Å²) in [5, 5.41) is 0. The zero-order valence-electron chi connectivity index (χ0n) is 15.8. The standard InChI is InChI=1S/C20H32N2O2/c1-6-22-11-9-17(10-12-22)21(5)20(23)14-24-18-7-8-19(15(2)3)16(4)13-18/h7-8,13,15,17H,6,9-12,14H2,1-5H3. The third-order valence-electron chi connectivity index (χ3n) is 5.17. The van der Waals surface area contributed by atoms with Gasteiger partial charge in [-0.15, -0.1) is 0 Å². The molecule has 1 aliphatic rings. The van der Waals surface area contributed by atoms with E-state index in [0.29, 0.717) is 12.0 Å². The van der Waals surface area contributed by atoms with Crippen LogP contribution in [-0.2, 0) is 4.79 Å². The predicted molar refractivity (Wildman–Crippen MR) is 98.7 cm³/mol. The SMILES string of the molecule is CCN1CCC(N(C)C(=O)COc2ccc(C(C)C)c(C)c2)CC1. The van der Waals surface area contributed by atoms with Crippen LogP contribution in [0.4, 0.5) is 0 Å². The Morgan fingerprint density at radius 1 is 1.33 bits per heavy atom. The van der Waals surface area contributed by atoms with Gasteiger partial charge in [-0.25, -0.2) is 0 Å². The Kier molecular flexibility index (Phi) is 6.67. The summed E-state index contributed by atoms with van der Waals surface area (Å²) in [6.07, 6.45) is 2.11. The maximum atomic E-state index is 12.4. The van der Waals surface area contributed by atoms with Crippen molar-refractivity contribution >= 4 is 5.91 Å². The van der Waals surface area contributed by atoms with Crippen LogP contribution in [0.5, 0.6) is 5.75 Å². The van der Waals surface area contributed by atoms with Crippen LogP contribution >= 0.6 is 0 Å². The molecule has 4 heteroatoms. The van der Waals surface area contributed by atoms with Crippen LogP contribution in [0.1, 0.15) is 50.7 Å². The van der Waals surface area contributed by atoms with Crippen molar-refractivity contribution < 1.29 is 9.53 Å². The third-order valence-corrected chi connectivity index (χ3v) is 5.17. The average molecular weight is 332 g/mol. The number of piperidine rings is 1. The largest absolute Gasteiger partial charge is 0.484 e. The molecule has 0 aromatic heterocycles. The van der Waals surface area contributed by atoms with E-state index in [9.17, 15) is 4.79 Å². The molecule has 4 nitrogen and oxygen atoms in total. The van der Waals surface area contributed by atoms with E-state index >= 15 is 0 Å². The molecule has 1 aliphatic heterocycles. The molecule has 1 aromatic rings. The summed E-state index contributed by atoms with van der Waals surface area (Å²) in [5.41, 5.74) is 2.55. The quantitative estimate of drug-likeness (QED) is 0.800. The van der Waals surface area contributed by atoms with Gasteiger partial charge in [0.05, 0.1) is 0 Å². The second-order valence-electron chi connectivity index (χ2n) is 7.13. The minimum atomic E-state index is 0.0653. The monoisotopic (exact) mass is 332 g/mol. The Balaban J connectivity index is 1.85. The van der Waals surface area contributed by atoms with Crippen LogP contribution in [0.3, 0.4) is 0 Å². The minimum Gasteiger partial charge on any atom is -0.484 e. The molecule has 1 heterocycles. The minimum absolute atomic E-state index is 0.0653. The lowest BCUT2D eigenvalue weighted by Crippen LogP contribution is -2.46. The van der Waals surface area contributed by atoms with E-state index in [1.807, 2.05) is 24.1 Å². The number of amides is 1. The summed E-state index contributed by atoms with van der Waals surface area (Å²) in [6, 6.07) is 6.44. The summed E-state index contributed by atoms with van der Waals surface area (Å²) < 4.78 is 5.74. The van der Waals surface area contributed by atoms with Crippen LogP contribution in [0.2, 0.25) is 0 Å². The Bertz CT molecular complexity index is 549. The first-order valence-electron chi connectivity index (χ1n) is 9.13. The van der Waals surface area contributed by atoms with Crippen LogP contribution in [0.15, 0.2) is 18.2 Å². The van der Waals surface area contributed by atoms with E-state index in [1.165, 1.54) is 11.1 Å². The molecule has 1 aromatic carbocycles. The molecular formula is C20H32N2O2. The lowest BCUT2D eigenvalue weighted by molar-refractivity contribution is -0.135. The highest BCUT2D eigenvalue weighted by Gasteiger charge is 2.24. The van der Waals surface area contributed by atoms with Gasteiger partial charge in [0, 0.05) is 26.2 Å². The van der Waals surface area contributed by atoms with E-state index in [2.05, 4.69) is 38.7 Å². The maximum absolute atomic E-state index is 12.4. The lowest BCUT2D eigenvalue weighted by atomic mass is 9.98. The van der Waals surface area contributed by atoms with Gasteiger partial charge >= 0.3 is 0 Å². The van der Waals surface area contributed by atoms with Gasteiger partial charge in [0.1, 0.15) is 5.75 Å². The molecule has 0 unspecified atom stereocenters. The second-order valence-corrected chi connectivity index (χ2v) is 7.13. The van der Waals surface area contributed by atoms with Gasteiger partial charge in [-0.2, -0.15) is 0 Å². The van der Waals surface area contributed by atoms with Crippen LogP contribution in [-0.4, -0.2) is 55.0 Å². The van der Waals surface area contributed by atoms with Crippen molar-refractivity contribution in [2.75, 3.05) is 33.3 Å². The summed E-state index contributed by atoms with van der Waals surface area (Å²) in [6.45, 7) is 12.0. The van der Waals surface area contributed by atoms with Crippen molar-refractivity contribution in [1.82, 2.24) is 9.80 Å². The topological polar surface area (TPSA) is 32.8 Å². The number of likely N-dealkylation sites (tertiary alicyclic amines) is 1. The molecular weight excluding hydrogens is 300 g/mol. The van der Waals surface area contributed by atoms with Gasteiger partial charge in [0.15, 0.2) is 6.61 Å². The van der Waals surface area contributed by atoms with Gasteiger partial charge in [0.25, 0.3) is 5.91 Å². The molecule has 0 bridgehead atoms. The van der Waals surface area contributed by atoms with Crippen molar-refractivity contribution in [3.8, 4) is 5.75 Å². The first-order valence-corrected chi connectivity index (χ1v) is 9.13. The first kappa shape index (κ1) is 18.8. The predicted octanol–water partition coefficient (Wildman–Crippen LogP) is 3.44. The molecule has 0 saturated carbocycles. The van der Waals surface area contributed by atoms with Crippen molar-refractivity contribution in [3.05, 3.63) is 29.3 Å². The summed E-state index contributed by atoms with van der Waals surface area (Å²) in [4.78, 5) is 16.7. The average Bonchev–Trinajstić information content (AvgIpc) is 2.58. The zero-order chi connectivity index (χ0) is 17.7. The number of ether oxygens (including phenoxy) is 1. The van der Waals surface area contributed by atoms with Gasteiger partial charge in [-0.05, 0) is 55.5 Å². The molecule has 2 rings (SSSR count). The summed E-state index contributed by atoms with van der Waals surface area (Å²) in [7, 11) is 1.91. The van der Waals surface area contributed by atoms with Gasteiger partial charge in [0.2, 0.25) is 0 Å². The van der Waals surface area contributed by atoms with Crippen molar-refractivity contribution in [1.29, 1.82) is 0 Å². The molecule has 134 valence electrons. The first-order chi connectivity index (χ1) is 11.4. The highest BCUT2D eigenvalue weighted by molar-refractivity contribution is 5.77. The van der Waals surface area contributed by atoms with Gasteiger partial charge in [-0.3, -0.25) is 4.79 Å². The number of hydrogen-bond acceptors (Lipinski definition) is 3. The molecule has 0 spiro atoms. The third kappa shape index (κ3) is 4.73. The van der Waals surface area contributed by atoms with E-state index in [1.54, 1.807) is 0 Å². The molecule has 0 radical (unpaired) electrons. The van der Waals surface area contributed by atoms with Crippen molar-refractivity contribution in [2.24, 2.45) is 0 Å². The summed E-state index contributed by atoms with van der Waals surface area (Å²) >= 11 is 0. The number of benzene rings is 1. The molecule has 0 N–H and O–H groups in total. The molecule has 1 amide bonds. The number of likely N-dealkylation sites (N-methyl/N-ethyl adjacent to an activating group) is 1. The zero-order valence-corrected chi connectivity index (χ0v) is 15.8. The maximum Gasteiger partial charge on any atom is 0.260 e. The number of aryl methyl sites for hydroxylation is 1. The normalized spacial score (nSPS) is 16.4. The Labute approximate surface area is 146 Å². The summed E-state index contributed by atoms with van der Waals surface area (Å²) in [5.74, 6) is 1.34. The molecule has 0 atom stereocenters. The Morgan fingerprint density at radius 3 is 2.54 bits per heavy atom. The highest BCUT2D eigenvalue weighted by atomic mass is 16.5. The van der Waals surface area contributed by atoms with Crippen LogP contribution < -0.4 is 4.74 Å². The molecule has 24 heavy (non-hydrogen) atoms. The molecule has 0 aliphatic carbocycles. The van der Waals surface area contributed by atoms with E-state index < -0.39 is 0 Å². The smallest absolute Gasteiger partial charge is 0.260 e. The number of carbonyl (C=O) groups is 1. The number of carbonyl (C=O) groups excluding carboxylic acids is 1. The fraction of sp³-hybridized carbons (Fsp3) is 0.650. The number of nitrogens with zero attached hydrogens (tertiary/aromatic N) is 2. The molecule has 1 fully saturated rings. The number of rotatable bonds is 6. The van der Waals surface area contributed by atoms with Crippen LogP contribution in [0.25, 0.3) is 0 Å². The van der Waals surface area contributed by atoms with Gasteiger partial charge < -0.3 is 14.5 Å². The fourth-order valence-corrected chi connectivity index (χ4v) is 3.46. The van der Waals surface area contributed by atoms with Gasteiger partial charge in [-0.1, -0.05) is 26.8 Å². The van der Waals surface area contributed by atoms with E-state index in [-0.39, 0.29) is 12.5 Å². The van der Waals surface area contributed by atoms with Crippen molar-refractivity contribution in [2.45, 2.75) is 52.5 Å².